The van der Waals surface area contributed by atoms with Crippen LogP contribution in [0.5, 0.6) is 0 Å². The molecule has 0 aromatic carbocycles. The van der Waals surface area contributed by atoms with Crippen molar-refractivity contribution < 1.29 is 14.3 Å². The minimum Gasteiger partial charge on any atom is -0.459 e. The van der Waals surface area contributed by atoms with Gasteiger partial charge in [-0.15, -0.1) is 0 Å². The van der Waals surface area contributed by atoms with Crippen LogP contribution in [0.15, 0.2) is 6.20 Å². The molecule has 5 nitrogen and oxygen atoms in total. The molecule has 0 atom stereocenters. The minimum absolute atomic E-state index is 0.132. The average Bonchev–Trinajstić information content (AvgIpc) is 2.62. The summed E-state index contributed by atoms with van der Waals surface area (Å²) in [6.07, 6.45) is 1.83. The summed E-state index contributed by atoms with van der Waals surface area (Å²) in [4.78, 5) is 28.2. The molecule has 0 radical (unpaired) electrons. The molecule has 1 aromatic heterocycles. The fourth-order valence-electron chi connectivity index (χ4n) is 0.872. The van der Waals surface area contributed by atoms with E-state index in [0.29, 0.717) is 12.1 Å². The number of imidazole rings is 1. The van der Waals surface area contributed by atoms with E-state index < -0.39 is 0 Å². The second-order valence-electron chi connectivity index (χ2n) is 2.83. The highest BCUT2D eigenvalue weighted by Gasteiger charge is 2.06. The maximum Gasteiger partial charge on any atom is 0.305 e. The Morgan fingerprint density at radius 3 is 2.79 bits per heavy atom. The maximum absolute atomic E-state index is 10.9. The molecule has 1 heterocycles. The summed E-state index contributed by atoms with van der Waals surface area (Å²) < 4.78 is 4.85. The first-order valence-corrected chi connectivity index (χ1v) is 4.34. The third kappa shape index (κ3) is 2.69. The third-order valence-electron chi connectivity index (χ3n) is 1.64. The zero-order chi connectivity index (χ0) is 10.6. The molecule has 0 bridgehead atoms. The van der Waals surface area contributed by atoms with Crippen molar-refractivity contribution in [3.8, 4) is 0 Å². The first kappa shape index (κ1) is 10.4. The summed E-state index contributed by atoms with van der Waals surface area (Å²) in [7, 11) is 0. The molecule has 0 unspecified atom stereocenters. The normalized spacial score (nSPS) is 9.86. The Bertz CT molecular complexity index is 344. The number of nitrogens with one attached hydrogen (secondary N) is 1. The summed E-state index contributed by atoms with van der Waals surface area (Å²) in [5.41, 5.74) is 0.622. The molecular weight excluding hydrogens is 184 g/mol. The van der Waals surface area contributed by atoms with Crippen molar-refractivity contribution in [3.63, 3.8) is 0 Å². The van der Waals surface area contributed by atoms with Gasteiger partial charge >= 0.3 is 5.97 Å². The molecule has 0 saturated carbocycles. The number of hydrogen-bond acceptors (Lipinski definition) is 4. The van der Waals surface area contributed by atoms with E-state index in [9.17, 15) is 9.59 Å². The Morgan fingerprint density at radius 2 is 2.29 bits per heavy atom. The van der Waals surface area contributed by atoms with Gasteiger partial charge in [0.2, 0.25) is 0 Å². The molecule has 0 amide bonds. The number of nitrogens with zero attached hydrogens (tertiary/aromatic N) is 1. The van der Waals surface area contributed by atoms with Crippen LogP contribution in [0.1, 0.15) is 36.6 Å². The molecule has 0 aliphatic rings. The predicted octanol–water partition coefficient (Wildman–Crippen LogP) is 1.07. The number of aromatic amines is 1. The van der Waals surface area contributed by atoms with Gasteiger partial charge in [-0.25, -0.2) is 4.98 Å². The maximum atomic E-state index is 10.9. The molecule has 1 N–H and O–H groups in total. The second-order valence-corrected chi connectivity index (χ2v) is 2.83. The molecule has 0 saturated heterocycles. The molecule has 0 aliphatic heterocycles. The van der Waals surface area contributed by atoms with E-state index in [-0.39, 0.29) is 24.2 Å². The second kappa shape index (κ2) is 4.55. The fraction of sp³-hybridized carbons (Fsp3) is 0.444. The lowest BCUT2D eigenvalue weighted by atomic mass is 10.4. The fourth-order valence-corrected chi connectivity index (χ4v) is 0.872. The topological polar surface area (TPSA) is 72.0 Å². The van der Waals surface area contributed by atoms with Crippen LogP contribution >= 0.6 is 0 Å². The SMILES string of the molecule is CCC(=O)OCc1cnc(C(C)=O)[nH]1. The highest BCUT2D eigenvalue weighted by Crippen LogP contribution is 2.00. The predicted molar refractivity (Wildman–Crippen MR) is 48.7 cm³/mol. The largest absolute Gasteiger partial charge is 0.459 e. The van der Waals surface area contributed by atoms with Gasteiger partial charge in [-0.3, -0.25) is 9.59 Å². The highest BCUT2D eigenvalue weighted by molar-refractivity contribution is 5.90. The molecule has 1 rings (SSSR count). The Labute approximate surface area is 81.5 Å². The lowest BCUT2D eigenvalue weighted by Crippen LogP contribution is -2.03. The number of H-pyrrole nitrogens is 1. The molecule has 5 heteroatoms. The summed E-state index contributed by atoms with van der Waals surface area (Å²) in [5.74, 6) is -0.130. The quantitative estimate of drug-likeness (QED) is 0.577. The average molecular weight is 196 g/mol. The molecule has 0 fully saturated rings. The summed E-state index contributed by atoms with van der Waals surface area (Å²) >= 11 is 0. The van der Waals surface area contributed by atoms with Crippen LogP contribution in [-0.2, 0) is 16.1 Å². The van der Waals surface area contributed by atoms with Crippen molar-refractivity contribution in [2.75, 3.05) is 0 Å². The number of carbonyl (C=O) groups excluding carboxylic acids is 2. The van der Waals surface area contributed by atoms with Crippen molar-refractivity contribution in [2.24, 2.45) is 0 Å². The third-order valence-corrected chi connectivity index (χ3v) is 1.64. The van der Waals surface area contributed by atoms with Gasteiger partial charge in [-0.1, -0.05) is 6.92 Å². The van der Waals surface area contributed by atoms with E-state index in [2.05, 4.69) is 9.97 Å². The highest BCUT2D eigenvalue weighted by atomic mass is 16.5. The van der Waals surface area contributed by atoms with Crippen LogP contribution in [0.4, 0.5) is 0 Å². The van der Waals surface area contributed by atoms with Crippen LogP contribution < -0.4 is 0 Å². The Balaban J connectivity index is 2.52. The number of carbonyl (C=O) groups is 2. The van der Waals surface area contributed by atoms with Crippen LogP contribution in [0, 0.1) is 0 Å². The van der Waals surface area contributed by atoms with Crippen LogP contribution in [0.2, 0.25) is 0 Å². The van der Waals surface area contributed by atoms with Crippen molar-refractivity contribution >= 4 is 11.8 Å². The van der Waals surface area contributed by atoms with E-state index in [1.807, 2.05) is 0 Å². The Hall–Kier alpha value is -1.65. The Morgan fingerprint density at radius 1 is 1.57 bits per heavy atom. The minimum atomic E-state index is -0.274. The van der Waals surface area contributed by atoms with Gasteiger partial charge in [-0.05, 0) is 0 Å². The first-order valence-electron chi connectivity index (χ1n) is 4.34. The van der Waals surface area contributed by atoms with Gasteiger partial charge in [-0.2, -0.15) is 0 Å². The van der Waals surface area contributed by atoms with Crippen molar-refractivity contribution in [1.82, 2.24) is 9.97 Å². The number of hydrogen-bond donors (Lipinski definition) is 1. The van der Waals surface area contributed by atoms with Gasteiger partial charge in [0.05, 0.1) is 11.9 Å². The number of Topliss-reactive ketones (excluding diaryl/α,β-unsaturated/α-hetero) is 1. The van der Waals surface area contributed by atoms with E-state index >= 15 is 0 Å². The van der Waals surface area contributed by atoms with Crippen molar-refractivity contribution in [3.05, 3.63) is 17.7 Å². The summed E-state index contributed by atoms with van der Waals surface area (Å²) in [6.45, 7) is 3.27. The van der Waals surface area contributed by atoms with Gasteiger partial charge in [0.1, 0.15) is 6.61 Å². The lowest BCUT2D eigenvalue weighted by molar-refractivity contribution is -0.144. The molecular formula is C9H12N2O3. The first-order chi connectivity index (χ1) is 6.63. The van der Waals surface area contributed by atoms with E-state index in [0.717, 1.165) is 0 Å². The smallest absolute Gasteiger partial charge is 0.305 e. The molecule has 14 heavy (non-hydrogen) atoms. The van der Waals surface area contributed by atoms with Crippen LogP contribution in [-0.4, -0.2) is 21.7 Å². The molecule has 76 valence electrons. The van der Waals surface area contributed by atoms with Crippen LogP contribution in [0.3, 0.4) is 0 Å². The number of ether oxygens (including phenoxy) is 1. The lowest BCUT2D eigenvalue weighted by Gasteiger charge is -1.99. The van der Waals surface area contributed by atoms with Crippen molar-refractivity contribution in [2.45, 2.75) is 26.9 Å². The molecule has 0 spiro atoms. The van der Waals surface area contributed by atoms with Gasteiger partial charge < -0.3 is 9.72 Å². The van der Waals surface area contributed by atoms with E-state index in [1.165, 1.54) is 13.1 Å². The monoisotopic (exact) mass is 196 g/mol. The summed E-state index contributed by atoms with van der Waals surface area (Å²) in [5, 5.41) is 0. The van der Waals surface area contributed by atoms with Crippen molar-refractivity contribution in [1.29, 1.82) is 0 Å². The number of aromatic nitrogens is 2. The van der Waals surface area contributed by atoms with E-state index in [1.54, 1.807) is 6.92 Å². The van der Waals surface area contributed by atoms with E-state index in [4.69, 9.17) is 4.74 Å². The van der Waals surface area contributed by atoms with Crippen LogP contribution in [0.25, 0.3) is 0 Å². The summed E-state index contributed by atoms with van der Waals surface area (Å²) in [6, 6.07) is 0. The zero-order valence-corrected chi connectivity index (χ0v) is 8.16. The molecule has 0 aliphatic carbocycles. The Kier molecular flexibility index (Phi) is 3.39. The zero-order valence-electron chi connectivity index (χ0n) is 8.16. The van der Waals surface area contributed by atoms with Gasteiger partial charge in [0.15, 0.2) is 11.6 Å². The van der Waals surface area contributed by atoms with Gasteiger partial charge in [0, 0.05) is 13.3 Å². The number of rotatable bonds is 4. The number of ketones is 1. The van der Waals surface area contributed by atoms with Gasteiger partial charge in [0.25, 0.3) is 0 Å². The number of esters is 1. The molecule has 1 aromatic rings. The standard InChI is InChI=1S/C9H12N2O3/c1-3-8(13)14-5-7-4-10-9(11-7)6(2)12/h4H,3,5H2,1-2H3,(H,10,11).